The molecule has 10 heteroatoms. The molecule has 0 fully saturated rings. The first-order chi connectivity index (χ1) is 15.8. The summed E-state index contributed by atoms with van der Waals surface area (Å²) in [5.74, 6) is -1.09. The van der Waals surface area contributed by atoms with Crippen LogP contribution in [0.5, 0.6) is 0 Å². The largest absolute Gasteiger partial charge is 0.461 e. The summed E-state index contributed by atoms with van der Waals surface area (Å²) in [6, 6.07) is 10.8. The number of nitrogens with zero attached hydrogens (tertiary/aromatic N) is 2. The third kappa shape index (κ3) is 5.87. The molecule has 2 atom stereocenters. The Kier molecular flexibility index (Phi) is 8.75. The van der Waals surface area contributed by atoms with Crippen molar-refractivity contribution in [3.63, 3.8) is 0 Å². The van der Waals surface area contributed by atoms with Crippen molar-refractivity contribution in [1.29, 1.82) is 0 Å². The third-order valence-electron chi connectivity index (χ3n) is 4.93. The smallest absolute Gasteiger partial charge is 0.358 e. The maximum atomic E-state index is 13.8. The van der Waals surface area contributed by atoms with Gasteiger partial charge in [0.05, 0.1) is 36.0 Å². The minimum absolute atomic E-state index is 0.0251. The molecule has 1 aromatic heterocycles. The maximum absolute atomic E-state index is 13.8. The first-order valence-corrected chi connectivity index (χ1v) is 11.7. The minimum Gasteiger partial charge on any atom is -0.461 e. The SMILES string of the molecule is CCOC(=O)c1nc(Br)n([C@H](C)COC)c1C(Nc1ccc(F)c(Cl)c1)c1ccc(Cl)cc1. The Morgan fingerprint density at radius 3 is 2.55 bits per heavy atom. The van der Waals surface area contributed by atoms with E-state index in [4.69, 9.17) is 32.7 Å². The van der Waals surface area contributed by atoms with Crippen LogP contribution in [0.25, 0.3) is 0 Å². The van der Waals surface area contributed by atoms with Gasteiger partial charge in [-0.05, 0) is 65.7 Å². The van der Waals surface area contributed by atoms with Crippen LogP contribution >= 0.6 is 39.1 Å². The van der Waals surface area contributed by atoms with Crippen LogP contribution in [0.15, 0.2) is 47.2 Å². The molecule has 0 amide bonds. The number of esters is 1. The van der Waals surface area contributed by atoms with Crippen LogP contribution in [0, 0.1) is 5.82 Å². The fraction of sp³-hybridized carbons (Fsp3) is 0.304. The lowest BCUT2D eigenvalue weighted by Gasteiger charge is -2.26. The lowest BCUT2D eigenvalue weighted by atomic mass is 10.0. The molecule has 1 unspecified atom stereocenters. The van der Waals surface area contributed by atoms with Gasteiger partial charge in [0.1, 0.15) is 5.82 Å². The summed E-state index contributed by atoms with van der Waals surface area (Å²) in [5.41, 5.74) is 2.04. The van der Waals surface area contributed by atoms with Crippen molar-refractivity contribution in [3.05, 3.63) is 80.0 Å². The summed E-state index contributed by atoms with van der Waals surface area (Å²) >= 11 is 15.6. The molecule has 1 heterocycles. The lowest BCUT2D eigenvalue weighted by Crippen LogP contribution is -2.23. The van der Waals surface area contributed by atoms with Gasteiger partial charge < -0.3 is 19.4 Å². The van der Waals surface area contributed by atoms with Crippen LogP contribution in [0.2, 0.25) is 10.0 Å². The monoisotopic (exact) mass is 557 g/mol. The summed E-state index contributed by atoms with van der Waals surface area (Å²) in [6.45, 7) is 4.25. The summed E-state index contributed by atoms with van der Waals surface area (Å²) < 4.78 is 26.7. The van der Waals surface area contributed by atoms with E-state index in [-0.39, 0.29) is 23.4 Å². The number of anilines is 1. The zero-order valence-corrected chi connectivity index (χ0v) is 21.3. The quantitative estimate of drug-likeness (QED) is 0.297. The summed E-state index contributed by atoms with van der Waals surface area (Å²) in [6.07, 6.45) is 0. The van der Waals surface area contributed by atoms with Gasteiger partial charge in [0, 0.05) is 17.8 Å². The highest BCUT2D eigenvalue weighted by Gasteiger charge is 2.31. The van der Waals surface area contributed by atoms with Crippen LogP contribution in [-0.2, 0) is 9.47 Å². The molecular formula is C23H23BrCl2FN3O3. The van der Waals surface area contributed by atoms with Gasteiger partial charge in [0.15, 0.2) is 10.4 Å². The molecule has 33 heavy (non-hydrogen) atoms. The van der Waals surface area contributed by atoms with E-state index in [2.05, 4.69) is 26.2 Å². The second kappa shape index (κ2) is 11.3. The second-order valence-electron chi connectivity index (χ2n) is 7.27. The highest BCUT2D eigenvalue weighted by Crippen LogP contribution is 2.35. The van der Waals surface area contributed by atoms with E-state index >= 15 is 0 Å². The topological polar surface area (TPSA) is 65.4 Å². The summed E-state index contributed by atoms with van der Waals surface area (Å²) in [4.78, 5) is 17.4. The highest BCUT2D eigenvalue weighted by atomic mass is 79.9. The molecule has 0 radical (unpaired) electrons. The summed E-state index contributed by atoms with van der Waals surface area (Å²) in [7, 11) is 1.60. The Hall–Kier alpha value is -2.13. The van der Waals surface area contributed by atoms with Crippen molar-refractivity contribution in [2.24, 2.45) is 0 Å². The van der Waals surface area contributed by atoms with Gasteiger partial charge in [-0.25, -0.2) is 14.2 Å². The number of carbonyl (C=O) groups is 1. The number of ether oxygens (including phenoxy) is 2. The van der Waals surface area contributed by atoms with Crippen molar-refractivity contribution in [2.75, 3.05) is 25.6 Å². The van der Waals surface area contributed by atoms with Crippen LogP contribution in [0.4, 0.5) is 10.1 Å². The van der Waals surface area contributed by atoms with Gasteiger partial charge in [-0.3, -0.25) is 0 Å². The van der Waals surface area contributed by atoms with Crippen LogP contribution in [-0.4, -0.2) is 35.8 Å². The number of carbonyl (C=O) groups excluding carboxylic acids is 1. The number of aromatic nitrogens is 2. The Labute approximate surface area is 210 Å². The van der Waals surface area contributed by atoms with Gasteiger partial charge in [0.25, 0.3) is 0 Å². The van der Waals surface area contributed by atoms with E-state index < -0.39 is 17.8 Å². The Bertz CT molecular complexity index is 1120. The predicted molar refractivity (Wildman–Crippen MR) is 131 cm³/mol. The average molecular weight is 559 g/mol. The lowest BCUT2D eigenvalue weighted by molar-refractivity contribution is 0.0518. The predicted octanol–water partition coefficient (Wildman–Crippen LogP) is 6.68. The third-order valence-corrected chi connectivity index (χ3v) is 6.03. The van der Waals surface area contributed by atoms with Crippen LogP contribution in [0.1, 0.15) is 47.7 Å². The molecule has 0 aliphatic heterocycles. The molecule has 3 aromatic rings. The van der Waals surface area contributed by atoms with E-state index in [1.165, 1.54) is 12.1 Å². The van der Waals surface area contributed by atoms with Gasteiger partial charge in [-0.15, -0.1) is 0 Å². The standard InChI is InChI=1S/C23H23BrCl2FN3O3/c1-4-33-22(31)20-21(30(23(24)29-20)13(2)12-32-3)19(14-5-7-15(25)8-6-14)28-16-9-10-18(27)17(26)11-16/h5-11,13,19,28H,4,12H2,1-3H3/t13-,19?/m1/s1. The van der Waals surface area contributed by atoms with E-state index in [0.717, 1.165) is 5.56 Å². The van der Waals surface area contributed by atoms with E-state index in [0.29, 0.717) is 27.7 Å². The second-order valence-corrected chi connectivity index (χ2v) is 8.82. The number of rotatable bonds is 9. The fourth-order valence-electron chi connectivity index (χ4n) is 3.49. The highest BCUT2D eigenvalue weighted by molar-refractivity contribution is 9.10. The summed E-state index contributed by atoms with van der Waals surface area (Å²) in [5, 5.41) is 3.90. The zero-order valence-electron chi connectivity index (χ0n) is 18.2. The Morgan fingerprint density at radius 1 is 1.24 bits per heavy atom. The number of hydrogen-bond donors (Lipinski definition) is 1. The molecular weight excluding hydrogens is 536 g/mol. The molecule has 0 spiro atoms. The normalized spacial score (nSPS) is 12.9. The van der Waals surface area contributed by atoms with E-state index in [1.807, 2.05) is 23.6 Å². The van der Waals surface area contributed by atoms with Gasteiger partial charge in [-0.2, -0.15) is 0 Å². The molecule has 176 valence electrons. The molecule has 0 saturated carbocycles. The number of nitrogens with one attached hydrogen (secondary N) is 1. The molecule has 0 aliphatic rings. The molecule has 2 aromatic carbocycles. The fourth-order valence-corrected chi connectivity index (χ4v) is 4.52. The maximum Gasteiger partial charge on any atom is 0.358 e. The minimum atomic E-state index is -0.582. The molecule has 3 rings (SSSR count). The van der Waals surface area contributed by atoms with Crippen molar-refractivity contribution in [3.8, 4) is 0 Å². The van der Waals surface area contributed by atoms with Crippen molar-refractivity contribution < 1.29 is 18.7 Å². The van der Waals surface area contributed by atoms with Crippen LogP contribution in [0.3, 0.4) is 0 Å². The number of imidazole rings is 1. The van der Waals surface area contributed by atoms with Gasteiger partial charge in [0.2, 0.25) is 0 Å². The van der Waals surface area contributed by atoms with Gasteiger partial charge in [-0.1, -0.05) is 35.3 Å². The first kappa shape index (κ1) is 25.5. The van der Waals surface area contributed by atoms with Gasteiger partial charge >= 0.3 is 5.97 Å². The van der Waals surface area contributed by atoms with E-state index in [1.54, 1.807) is 32.2 Å². The molecule has 0 aliphatic carbocycles. The number of hydrogen-bond acceptors (Lipinski definition) is 5. The molecule has 0 bridgehead atoms. The first-order valence-electron chi connectivity index (χ1n) is 10.2. The van der Waals surface area contributed by atoms with Crippen molar-refractivity contribution in [2.45, 2.75) is 25.9 Å². The van der Waals surface area contributed by atoms with E-state index in [9.17, 15) is 9.18 Å². The van der Waals surface area contributed by atoms with Crippen LogP contribution < -0.4 is 5.32 Å². The Balaban J connectivity index is 2.23. The zero-order chi connectivity index (χ0) is 24.1. The Morgan fingerprint density at radius 2 is 1.94 bits per heavy atom. The number of methoxy groups -OCH3 is 1. The average Bonchev–Trinajstić information content (AvgIpc) is 3.12. The number of halogens is 4. The molecule has 1 N–H and O–H groups in total. The molecule has 6 nitrogen and oxygen atoms in total. The van der Waals surface area contributed by atoms with Crippen molar-refractivity contribution in [1.82, 2.24) is 9.55 Å². The molecule has 0 saturated heterocycles. The van der Waals surface area contributed by atoms with Crippen molar-refractivity contribution >= 4 is 50.8 Å². The number of benzene rings is 2.